The van der Waals surface area contributed by atoms with E-state index in [1.165, 1.54) is 30.3 Å². The number of nitrogens with zero attached hydrogens (tertiary/aromatic N) is 2. The van der Waals surface area contributed by atoms with E-state index in [1.54, 1.807) is 16.7 Å². The lowest BCUT2D eigenvalue weighted by Gasteiger charge is -2.44. The SMILES string of the molecule is O=C(Nc1ccc(F)c(F)c1)c1ccc(N2C[C@H]3C[C@@H](C2)c2cccc(=O)n2C3)c(NC(=O)c2cccc(C(F)(F)F)c2)c1. The van der Waals surface area contributed by atoms with E-state index < -0.39 is 35.2 Å². The zero-order valence-corrected chi connectivity index (χ0v) is 23.0. The number of alkyl halides is 3. The zero-order valence-electron chi connectivity index (χ0n) is 23.0. The number of hydrogen-bond acceptors (Lipinski definition) is 4. The summed E-state index contributed by atoms with van der Waals surface area (Å²) in [6.45, 7) is 1.54. The number of anilines is 3. The standard InChI is InChI=1S/C32H25F5N4O3/c33-24-9-8-23(14-25(24)34)38-30(43)20-7-10-28(26(13-20)39-31(44)19-3-1-4-22(12-19)32(35,36)37)40-15-18-11-21(17-40)27-5-2-6-29(42)41(27)16-18/h1-10,12-14,18,21H,11,15-17H2,(H,38,43)(H,39,44)/t18-,21+/m1/s1. The number of pyridine rings is 1. The molecule has 0 radical (unpaired) electrons. The summed E-state index contributed by atoms with van der Waals surface area (Å²) in [5, 5.41) is 5.16. The number of fused-ring (bicyclic) bond motifs is 4. The van der Waals surface area contributed by atoms with Gasteiger partial charge >= 0.3 is 6.18 Å². The summed E-state index contributed by atoms with van der Waals surface area (Å²) in [5.41, 5.74) is 0.393. The Morgan fingerprint density at radius 2 is 1.52 bits per heavy atom. The highest BCUT2D eigenvalue weighted by molar-refractivity contribution is 6.09. The predicted octanol–water partition coefficient (Wildman–Crippen LogP) is 6.27. The predicted molar refractivity (Wildman–Crippen MR) is 154 cm³/mol. The third-order valence-electron chi connectivity index (χ3n) is 7.96. The van der Waals surface area contributed by atoms with Crippen molar-refractivity contribution in [2.24, 2.45) is 5.92 Å². The van der Waals surface area contributed by atoms with Crippen molar-refractivity contribution in [3.63, 3.8) is 0 Å². The van der Waals surface area contributed by atoms with Gasteiger partial charge in [0, 0.05) is 60.2 Å². The molecular weight excluding hydrogens is 583 g/mol. The van der Waals surface area contributed by atoms with Crippen LogP contribution in [-0.4, -0.2) is 29.5 Å². The average Bonchev–Trinajstić information content (AvgIpc) is 2.99. The molecular formula is C32H25F5N4O3. The van der Waals surface area contributed by atoms with Crippen LogP contribution in [0.5, 0.6) is 0 Å². The van der Waals surface area contributed by atoms with Crippen LogP contribution in [0.4, 0.5) is 39.0 Å². The van der Waals surface area contributed by atoms with Crippen LogP contribution in [0.3, 0.4) is 0 Å². The number of aromatic nitrogens is 1. The van der Waals surface area contributed by atoms with Crippen molar-refractivity contribution >= 4 is 28.9 Å². The van der Waals surface area contributed by atoms with E-state index in [2.05, 4.69) is 10.6 Å². The number of hydrogen-bond donors (Lipinski definition) is 2. The van der Waals surface area contributed by atoms with Crippen molar-refractivity contribution in [1.29, 1.82) is 0 Å². The Balaban J connectivity index is 1.34. The van der Waals surface area contributed by atoms with Gasteiger partial charge in [-0.1, -0.05) is 12.1 Å². The minimum absolute atomic E-state index is 0.00490. The van der Waals surface area contributed by atoms with E-state index in [1.807, 2.05) is 11.0 Å². The maximum atomic E-state index is 13.7. The molecule has 2 aliphatic rings. The molecule has 3 heterocycles. The maximum Gasteiger partial charge on any atom is 0.416 e. The fourth-order valence-electron chi connectivity index (χ4n) is 5.95. The van der Waals surface area contributed by atoms with E-state index in [4.69, 9.17) is 0 Å². The normalized spacial score (nSPS) is 17.5. The fourth-order valence-corrected chi connectivity index (χ4v) is 5.95. The second kappa shape index (κ2) is 11.3. The molecule has 2 aliphatic heterocycles. The Morgan fingerprint density at radius 1 is 0.773 bits per heavy atom. The second-order valence-corrected chi connectivity index (χ2v) is 11.0. The summed E-state index contributed by atoms with van der Waals surface area (Å²) in [7, 11) is 0. The molecule has 0 aliphatic carbocycles. The first-order valence-corrected chi connectivity index (χ1v) is 13.8. The van der Waals surface area contributed by atoms with Crippen molar-refractivity contribution in [1.82, 2.24) is 4.57 Å². The molecule has 4 aromatic rings. The van der Waals surface area contributed by atoms with Gasteiger partial charge in [-0.05, 0) is 66.9 Å². The Labute approximate surface area is 247 Å². The van der Waals surface area contributed by atoms with E-state index >= 15 is 0 Å². The fraction of sp³-hybridized carbons (Fsp3) is 0.219. The number of rotatable bonds is 5. The number of carbonyl (C=O) groups is 2. The Morgan fingerprint density at radius 3 is 2.30 bits per heavy atom. The Kier molecular flexibility index (Phi) is 7.44. The molecule has 12 heteroatoms. The van der Waals surface area contributed by atoms with Crippen LogP contribution in [0.25, 0.3) is 0 Å². The van der Waals surface area contributed by atoms with Gasteiger partial charge in [0.05, 0.1) is 16.9 Å². The molecule has 0 unspecified atom stereocenters. The summed E-state index contributed by atoms with van der Waals surface area (Å²) < 4.78 is 68.8. The number of benzene rings is 3. The molecule has 2 amide bonds. The molecule has 2 N–H and O–H groups in total. The molecule has 0 spiro atoms. The number of amides is 2. The third kappa shape index (κ3) is 5.79. The van der Waals surface area contributed by atoms with Gasteiger partial charge in [0.25, 0.3) is 17.4 Å². The molecule has 7 nitrogen and oxygen atoms in total. The van der Waals surface area contributed by atoms with Crippen molar-refractivity contribution in [3.8, 4) is 0 Å². The highest BCUT2D eigenvalue weighted by Crippen LogP contribution is 2.39. The third-order valence-corrected chi connectivity index (χ3v) is 7.96. The van der Waals surface area contributed by atoms with Crippen LogP contribution < -0.4 is 21.1 Å². The minimum atomic E-state index is -4.65. The molecule has 44 heavy (non-hydrogen) atoms. The van der Waals surface area contributed by atoms with Gasteiger partial charge in [0.2, 0.25) is 0 Å². The lowest BCUT2D eigenvalue weighted by Crippen LogP contribution is -2.47. The molecule has 0 saturated carbocycles. The van der Waals surface area contributed by atoms with Gasteiger partial charge in [-0.15, -0.1) is 0 Å². The molecule has 2 bridgehead atoms. The van der Waals surface area contributed by atoms with Crippen molar-refractivity contribution in [3.05, 3.63) is 123 Å². The highest BCUT2D eigenvalue weighted by Gasteiger charge is 2.36. The number of piperidine rings is 1. The van der Waals surface area contributed by atoms with E-state index in [-0.39, 0.29) is 39.9 Å². The van der Waals surface area contributed by atoms with Gasteiger partial charge in [0.1, 0.15) is 0 Å². The average molecular weight is 609 g/mol. The topological polar surface area (TPSA) is 83.4 Å². The highest BCUT2D eigenvalue weighted by atomic mass is 19.4. The van der Waals surface area contributed by atoms with Gasteiger partial charge in [-0.3, -0.25) is 14.4 Å². The molecule has 3 aromatic carbocycles. The van der Waals surface area contributed by atoms with Gasteiger partial charge in [-0.25, -0.2) is 8.78 Å². The Hall–Kier alpha value is -5.00. The van der Waals surface area contributed by atoms with Crippen LogP contribution in [0.15, 0.2) is 83.7 Å². The molecule has 2 atom stereocenters. The molecule has 1 fully saturated rings. The van der Waals surface area contributed by atoms with Crippen LogP contribution in [0.2, 0.25) is 0 Å². The molecule has 226 valence electrons. The van der Waals surface area contributed by atoms with Crippen molar-refractivity contribution in [2.45, 2.75) is 25.1 Å². The largest absolute Gasteiger partial charge is 0.416 e. The smallest absolute Gasteiger partial charge is 0.369 e. The van der Waals surface area contributed by atoms with E-state index in [9.17, 15) is 36.3 Å². The number of nitrogens with one attached hydrogen (secondary N) is 2. The maximum absolute atomic E-state index is 13.7. The second-order valence-electron chi connectivity index (χ2n) is 11.0. The minimum Gasteiger partial charge on any atom is -0.369 e. The number of carbonyl (C=O) groups excluding carboxylic acids is 2. The summed E-state index contributed by atoms with van der Waals surface area (Å²) in [6, 6.07) is 16.6. The monoisotopic (exact) mass is 608 g/mol. The van der Waals surface area contributed by atoms with E-state index in [0.717, 1.165) is 42.4 Å². The van der Waals surface area contributed by atoms with Gasteiger partial charge in [0.15, 0.2) is 11.6 Å². The Bertz CT molecular complexity index is 1840. The van der Waals surface area contributed by atoms with Crippen molar-refractivity contribution < 1.29 is 31.5 Å². The van der Waals surface area contributed by atoms with Crippen LogP contribution in [0.1, 0.15) is 44.3 Å². The molecule has 1 aromatic heterocycles. The quantitative estimate of drug-likeness (QED) is 0.262. The first-order valence-electron chi connectivity index (χ1n) is 13.8. The van der Waals surface area contributed by atoms with Gasteiger partial charge in [-0.2, -0.15) is 13.2 Å². The first-order chi connectivity index (χ1) is 21.0. The van der Waals surface area contributed by atoms with Crippen LogP contribution in [-0.2, 0) is 12.7 Å². The van der Waals surface area contributed by atoms with Gasteiger partial charge < -0.3 is 20.1 Å². The lowest BCUT2D eigenvalue weighted by atomic mass is 9.83. The summed E-state index contributed by atoms with van der Waals surface area (Å²) in [6.07, 6.45) is -3.79. The zero-order chi connectivity index (χ0) is 31.2. The van der Waals surface area contributed by atoms with E-state index in [0.29, 0.717) is 25.3 Å². The van der Waals surface area contributed by atoms with Crippen LogP contribution >= 0.6 is 0 Å². The molecule has 1 saturated heterocycles. The molecule has 6 rings (SSSR count). The lowest BCUT2D eigenvalue weighted by molar-refractivity contribution is -0.137. The first kappa shape index (κ1) is 29.1. The summed E-state index contributed by atoms with van der Waals surface area (Å²) >= 11 is 0. The van der Waals surface area contributed by atoms with Crippen LogP contribution in [0, 0.1) is 17.6 Å². The summed E-state index contributed by atoms with van der Waals surface area (Å²) in [4.78, 5) is 40.8. The summed E-state index contributed by atoms with van der Waals surface area (Å²) in [5.74, 6) is -3.59. The number of halogens is 5. The van der Waals surface area contributed by atoms with Crippen molar-refractivity contribution in [2.75, 3.05) is 28.6 Å².